The highest BCUT2D eigenvalue weighted by Gasteiger charge is 2.31. The number of likely N-dealkylation sites (N-methyl/N-ethyl adjacent to an activating group) is 1. The Kier molecular flexibility index (Phi) is 9.81. The van der Waals surface area contributed by atoms with Crippen LogP contribution in [0.2, 0.25) is 0 Å². The van der Waals surface area contributed by atoms with Crippen molar-refractivity contribution in [3.8, 4) is 22.8 Å². The average molecular weight is 676 g/mol. The molecule has 4 N–H and O–H groups in total. The number of ether oxygens (including phenoxy) is 2. The van der Waals surface area contributed by atoms with E-state index in [4.69, 9.17) is 20.3 Å². The first-order valence-electron chi connectivity index (χ1n) is 17.3. The third-order valence-corrected chi connectivity index (χ3v) is 10.2. The van der Waals surface area contributed by atoms with Crippen LogP contribution in [0.5, 0.6) is 11.5 Å². The van der Waals surface area contributed by atoms with Crippen molar-refractivity contribution in [3.05, 3.63) is 90.3 Å². The van der Waals surface area contributed by atoms with Crippen LogP contribution in [-0.4, -0.2) is 89.1 Å². The molecule has 1 atom stereocenters. The molecule has 2 fully saturated rings. The summed E-state index contributed by atoms with van der Waals surface area (Å²) in [5, 5.41) is 12.0. The maximum absolute atomic E-state index is 13.4. The van der Waals surface area contributed by atoms with E-state index >= 15 is 0 Å². The van der Waals surface area contributed by atoms with E-state index in [-0.39, 0.29) is 12.1 Å². The lowest BCUT2D eigenvalue weighted by atomic mass is 9.90. The number of piperazine rings is 1. The van der Waals surface area contributed by atoms with Gasteiger partial charge in [0.05, 0.1) is 37.4 Å². The molecule has 12 nitrogen and oxygen atoms in total. The fraction of sp³-hybridized carbons (Fsp3) is 0.368. The number of aromatic nitrogens is 4. The van der Waals surface area contributed by atoms with Crippen molar-refractivity contribution in [1.82, 2.24) is 34.9 Å². The fourth-order valence-electron chi connectivity index (χ4n) is 7.35. The molecule has 7 rings (SSSR count). The van der Waals surface area contributed by atoms with Crippen molar-refractivity contribution in [1.29, 1.82) is 0 Å². The summed E-state index contributed by atoms with van der Waals surface area (Å²) in [7, 11) is 5.34. The van der Waals surface area contributed by atoms with Gasteiger partial charge in [-0.15, -0.1) is 0 Å². The SMILES string of the molecule is COc1ccc(OC)c(NC(=O)NC(c2ccccc2)c2ccc(-c3nn(C4CCC(N5CCN(C)CC5)CC4)c4ncnc(N)c34)cc2)c1. The first-order chi connectivity index (χ1) is 24.4. The highest BCUT2D eigenvalue weighted by molar-refractivity contribution is 5.98. The van der Waals surface area contributed by atoms with Gasteiger partial charge in [-0.3, -0.25) is 4.90 Å². The highest BCUT2D eigenvalue weighted by Crippen LogP contribution is 2.38. The van der Waals surface area contributed by atoms with E-state index < -0.39 is 6.04 Å². The van der Waals surface area contributed by atoms with Gasteiger partial charge in [-0.05, 0) is 56.0 Å². The summed E-state index contributed by atoms with van der Waals surface area (Å²) < 4.78 is 12.9. The van der Waals surface area contributed by atoms with Crippen LogP contribution in [0.3, 0.4) is 0 Å². The number of nitrogens with zero attached hydrogens (tertiary/aromatic N) is 6. The number of methoxy groups -OCH3 is 2. The van der Waals surface area contributed by atoms with Gasteiger partial charge >= 0.3 is 6.03 Å². The lowest BCUT2D eigenvalue weighted by molar-refractivity contribution is 0.0815. The average Bonchev–Trinajstić information content (AvgIpc) is 3.55. The number of hydrogen-bond acceptors (Lipinski definition) is 9. The Balaban J connectivity index is 1.13. The smallest absolute Gasteiger partial charge is 0.320 e. The topological polar surface area (TPSA) is 136 Å². The Labute approximate surface area is 292 Å². The molecular weight excluding hydrogens is 630 g/mol. The molecule has 1 saturated heterocycles. The maximum Gasteiger partial charge on any atom is 0.320 e. The second-order valence-electron chi connectivity index (χ2n) is 13.2. The zero-order valence-corrected chi connectivity index (χ0v) is 28.9. The lowest BCUT2D eigenvalue weighted by Crippen LogP contribution is -2.49. The molecule has 2 aliphatic rings. The molecule has 1 aliphatic heterocycles. The molecular formula is C38H45N9O3. The number of urea groups is 1. The minimum absolute atomic E-state index is 0.247. The third kappa shape index (κ3) is 6.94. The summed E-state index contributed by atoms with van der Waals surface area (Å²) in [4.78, 5) is 27.5. The predicted molar refractivity (Wildman–Crippen MR) is 196 cm³/mol. The molecule has 2 aromatic heterocycles. The maximum atomic E-state index is 13.4. The van der Waals surface area contributed by atoms with Gasteiger partial charge < -0.3 is 30.7 Å². The van der Waals surface area contributed by atoms with Gasteiger partial charge in [-0.1, -0.05) is 54.6 Å². The Bertz CT molecular complexity index is 1920. The Morgan fingerprint density at radius 1 is 0.860 bits per heavy atom. The summed E-state index contributed by atoms with van der Waals surface area (Å²) >= 11 is 0. The van der Waals surface area contributed by atoms with Crippen molar-refractivity contribution in [2.24, 2.45) is 0 Å². The zero-order chi connectivity index (χ0) is 34.6. The van der Waals surface area contributed by atoms with E-state index in [1.165, 1.54) is 6.33 Å². The largest absolute Gasteiger partial charge is 0.497 e. The van der Waals surface area contributed by atoms with Crippen LogP contribution >= 0.6 is 0 Å². The van der Waals surface area contributed by atoms with E-state index in [0.717, 1.165) is 85.3 Å². The van der Waals surface area contributed by atoms with Crippen molar-refractivity contribution in [2.45, 2.75) is 43.8 Å². The summed E-state index contributed by atoms with van der Waals surface area (Å²) in [5.41, 5.74) is 11.3. The normalized spacial score (nSPS) is 19.2. The minimum Gasteiger partial charge on any atom is -0.497 e. The molecule has 5 aromatic rings. The van der Waals surface area contributed by atoms with Crippen LogP contribution < -0.4 is 25.8 Å². The van der Waals surface area contributed by atoms with Gasteiger partial charge in [0.1, 0.15) is 29.3 Å². The molecule has 50 heavy (non-hydrogen) atoms. The fourth-order valence-corrected chi connectivity index (χ4v) is 7.35. The van der Waals surface area contributed by atoms with Crippen molar-refractivity contribution >= 4 is 28.6 Å². The van der Waals surface area contributed by atoms with Crippen molar-refractivity contribution in [3.63, 3.8) is 0 Å². The lowest BCUT2D eigenvalue weighted by Gasteiger charge is -2.41. The molecule has 0 radical (unpaired) electrons. The molecule has 1 aliphatic carbocycles. The van der Waals surface area contributed by atoms with Gasteiger partial charge in [-0.25, -0.2) is 19.4 Å². The van der Waals surface area contributed by atoms with Crippen LogP contribution in [0.4, 0.5) is 16.3 Å². The number of nitrogens with one attached hydrogen (secondary N) is 2. The van der Waals surface area contributed by atoms with Gasteiger partial charge in [-0.2, -0.15) is 5.10 Å². The van der Waals surface area contributed by atoms with Crippen molar-refractivity contribution < 1.29 is 14.3 Å². The predicted octanol–water partition coefficient (Wildman–Crippen LogP) is 5.73. The first kappa shape index (κ1) is 33.3. The first-order valence-corrected chi connectivity index (χ1v) is 17.3. The standard InChI is InChI=1S/C38H45N9O3/c1-45-19-21-46(22-20-45)28-13-15-29(16-14-28)47-37-33(36(39)40-24-41-37)35(44-47)27-11-9-26(10-12-27)34(25-7-5-4-6-8-25)43-38(48)42-31-23-30(49-2)17-18-32(31)50-3/h4-12,17-18,23-24,28-29,34H,13-16,19-22H2,1-3H3,(H2,39,40,41)(H2,42,43,48). The van der Waals surface area contributed by atoms with Crippen LogP contribution in [0, 0.1) is 0 Å². The monoisotopic (exact) mass is 675 g/mol. The molecule has 0 spiro atoms. The summed E-state index contributed by atoms with van der Waals surface area (Å²) in [6.07, 6.45) is 5.91. The van der Waals surface area contributed by atoms with Crippen LogP contribution in [0.25, 0.3) is 22.3 Å². The number of nitrogen functional groups attached to an aromatic ring is 1. The van der Waals surface area contributed by atoms with Gasteiger partial charge in [0.2, 0.25) is 0 Å². The summed E-state index contributed by atoms with van der Waals surface area (Å²) in [5.74, 6) is 1.55. The number of carbonyl (C=O) groups is 1. The highest BCUT2D eigenvalue weighted by atomic mass is 16.5. The number of anilines is 2. The second-order valence-corrected chi connectivity index (χ2v) is 13.2. The van der Waals surface area contributed by atoms with E-state index in [1.807, 2.05) is 54.6 Å². The van der Waals surface area contributed by atoms with Gasteiger partial charge in [0.15, 0.2) is 5.65 Å². The summed E-state index contributed by atoms with van der Waals surface area (Å²) in [6, 6.07) is 23.3. The van der Waals surface area contributed by atoms with Crippen molar-refractivity contribution in [2.75, 3.05) is 58.5 Å². The second kappa shape index (κ2) is 14.7. The van der Waals surface area contributed by atoms with Gasteiger partial charge in [0.25, 0.3) is 0 Å². The molecule has 260 valence electrons. The van der Waals surface area contributed by atoms with Crippen LogP contribution in [-0.2, 0) is 0 Å². The zero-order valence-electron chi connectivity index (χ0n) is 28.9. The Hall–Kier alpha value is -5.20. The number of rotatable bonds is 9. The Morgan fingerprint density at radius 3 is 2.26 bits per heavy atom. The summed E-state index contributed by atoms with van der Waals surface area (Å²) in [6.45, 7) is 4.55. The number of fused-ring (bicyclic) bond motifs is 1. The Morgan fingerprint density at radius 2 is 1.56 bits per heavy atom. The van der Waals surface area contributed by atoms with E-state index in [1.54, 1.807) is 32.4 Å². The van der Waals surface area contributed by atoms with E-state index in [2.05, 4.69) is 42.1 Å². The minimum atomic E-state index is -0.431. The molecule has 0 bridgehead atoms. The molecule has 1 unspecified atom stereocenters. The molecule has 3 aromatic carbocycles. The quantitative estimate of drug-likeness (QED) is 0.179. The van der Waals surface area contributed by atoms with E-state index in [0.29, 0.717) is 29.0 Å². The van der Waals surface area contributed by atoms with Gasteiger partial charge in [0, 0.05) is 43.9 Å². The molecule has 3 heterocycles. The number of carbonyl (C=O) groups excluding carboxylic acids is 1. The molecule has 1 saturated carbocycles. The molecule has 12 heteroatoms. The number of benzene rings is 3. The van der Waals surface area contributed by atoms with Crippen LogP contribution in [0.15, 0.2) is 79.1 Å². The molecule has 2 amide bonds. The third-order valence-electron chi connectivity index (χ3n) is 10.2. The number of hydrogen-bond donors (Lipinski definition) is 3. The van der Waals surface area contributed by atoms with E-state index in [9.17, 15) is 4.79 Å². The number of nitrogens with two attached hydrogens (primary N) is 1. The van der Waals surface area contributed by atoms with Crippen LogP contribution in [0.1, 0.15) is 48.9 Å². The number of amides is 2.